The molecule has 0 saturated carbocycles. The molecule has 3 heterocycles. The van der Waals surface area contributed by atoms with Gasteiger partial charge in [0, 0.05) is 28.0 Å². The lowest BCUT2D eigenvalue weighted by Crippen LogP contribution is -2.34. The van der Waals surface area contributed by atoms with Crippen molar-refractivity contribution in [1.82, 2.24) is 0 Å². The third-order valence-corrected chi connectivity index (χ3v) is 7.08. The Labute approximate surface area is 186 Å². The van der Waals surface area contributed by atoms with Crippen molar-refractivity contribution in [3.63, 3.8) is 0 Å². The van der Waals surface area contributed by atoms with Gasteiger partial charge in [-0.3, -0.25) is 0 Å². The smallest absolute Gasteiger partial charge is 0.217 e. The molecule has 0 N–H and O–H groups in total. The second-order valence-electron chi connectivity index (χ2n) is 10.1. The SMILES string of the molecule is CC(C)(C)c1ccc2[n+](c1)Cc1ccc3c(oc4cc5c(ccc6ccccc65)cc43)c1-2. The summed E-state index contributed by atoms with van der Waals surface area (Å²) in [6.07, 6.45) is 2.31. The maximum absolute atomic E-state index is 6.59. The van der Waals surface area contributed by atoms with Gasteiger partial charge in [-0.25, -0.2) is 0 Å². The number of aromatic nitrogens is 1. The molecule has 2 aromatic heterocycles. The minimum atomic E-state index is 0.133. The number of fused-ring (bicyclic) bond motifs is 10. The molecular weight excluding hydrogens is 390 g/mol. The molecule has 32 heavy (non-hydrogen) atoms. The highest BCUT2D eigenvalue weighted by Crippen LogP contribution is 2.41. The molecule has 4 aromatic carbocycles. The number of pyridine rings is 1. The maximum atomic E-state index is 6.59. The third-order valence-electron chi connectivity index (χ3n) is 7.08. The largest absolute Gasteiger partial charge is 0.455 e. The molecule has 1 aliphatic rings. The van der Waals surface area contributed by atoms with E-state index in [9.17, 15) is 0 Å². The van der Waals surface area contributed by atoms with Gasteiger partial charge in [0.2, 0.25) is 5.69 Å². The lowest BCUT2D eigenvalue weighted by molar-refractivity contribution is -0.672. The third kappa shape index (κ3) is 2.38. The minimum Gasteiger partial charge on any atom is -0.455 e. The quantitative estimate of drug-likeness (QED) is 0.185. The van der Waals surface area contributed by atoms with Crippen LogP contribution in [0.1, 0.15) is 31.9 Å². The zero-order chi connectivity index (χ0) is 21.6. The summed E-state index contributed by atoms with van der Waals surface area (Å²) in [5.41, 5.74) is 7.27. The van der Waals surface area contributed by atoms with Crippen molar-refractivity contribution >= 4 is 43.5 Å². The van der Waals surface area contributed by atoms with Gasteiger partial charge < -0.3 is 4.42 Å². The van der Waals surface area contributed by atoms with Crippen LogP contribution in [0.4, 0.5) is 0 Å². The Morgan fingerprint density at radius 1 is 0.750 bits per heavy atom. The number of nitrogens with zero attached hydrogens (tertiary/aromatic N) is 1. The lowest BCUT2D eigenvalue weighted by atomic mass is 9.88. The zero-order valence-corrected chi connectivity index (χ0v) is 18.6. The first-order valence-corrected chi connectivity index (χ1v) is 11.3. The van der Waals surface area contributed by atoms with Crippen molar-refractivity contribution in [1.29, 1.82) is 0 Å². The van der Waals surface area contributed by atoms with E-state index in [0.717, 1.165) is 17.7 Å². The molecule has 154 valence electrons. The Kier molecular flexibility index (Phi) is 3.36. The minimum absolute atomic E-state index is 0.133. The van der Waals surface area contributed by atoms with Crippen LogP contribution >= 0.6 is 0 Å². The Balaban J connectivity index is 1.52. The maximum Gasteiger partial charge on any atom is 0.217 e. The molecule has 2 nitrogen and oxygen atoms in total. The molecule has 6 aromatic rings. The monoisotopic (exact) mass is 414 g/mol. The molecular formula is C30H24NO+. The van der Waals surface area contributed by atoms with Crippen LogP contribution in [-0.2, 0) is 12.0 Å². The highest BCUT2D eigenvalue weighted by molar-refractivity contribution is 6.17. The first-order valence-electron chi connectivity index (χ1n) is 11.3. The van der Waals surface area contributed by atoms with Crippen molar-refractivity contribution in [2.75, 3.05) is 0 Å². The average Bonchev–Trinajstić information content (AvgIpc) is 3.34. The van der Waals surface area contributed by atoms with E-state index >= 15 is 0 Å². The Hall–Kier alpha value is -3.65. The van der Waals surface area contributed by atoms with Crippen molar-refractivity contribution in [2.45, 2.75) is 32.7 Å². The summed E-state index contributed by atoms with van der Waals surface area (Å²) >= 11 is 0. The summed E-state index contributed by atoms with van der Waals surface area (Å²) in [4.78, 5) is 0. The van der Waals surface area contributed by atoms with Crippen LogP contribution in [-0.4, -0.2) is 0 Å². The van der Waals surface area contributed by atoms with Crippen LogP contribution in [0.15, 0.2) is 83.4 Å². The van der Waals surface area contributed by atoms with Crippen molar-refractivity contribution in [2.24, 2.45) is 0 Å². The molecule has 0 bridgehead atoms. The Bertz CT molecular complexity index is 1730. The van der Waals surface area contributed by atoms with Crippen LogP contribution in [0.2, 0.25) is 0 Å². The summed E-state index contributed by atoms with van der Waals surface area (Å²) in [7, 11) is 0. The van der Waals surface area contributed by atoms with Crippen LogP contribution in [0.5, 0.6) is 0 Å². The number of benzene rings is 4. The van der Waals surface area contributed by atoms with E-state index in [1.54, 1.807) is 0 Å². The van der Waals surface area contributed by atoms with Crippen molar-refractivity contribution in [3.05, 3.63) is 90.1 Å². The molecule has 0 fully saturated rings. The van der Waals surface area contributed by atoms with Gasteiger partial charge in [0.1, 0.15) is 11.2 Å². The number of hydrogen-bond donors (Lipinski definition) is 0. The van der Waals surface area contributed by atoms with E-state index in [1.807, 2.05) is 0 Å². The van der Waals surface area contributed by atoms with Gasteiger partial charge in [0.15, 0.2) is 12.7 Å². The number of furan rings is 1. The molecule has 0 atom stereocenters. The average molecular weight is 415 g/mol. The van der Waals surface area contributed by atoms with Crippen LogP contribution in [0.3, 0.4) is 0 Å². The topological polar surface area (TPSA) is 17.0 Å². The second kappa shape index (κ2) is 5.98. The van der Waals surface area contributed by atoms with E-state index in [-0.39, 0.29) is 5.41 Å². The van der Waals surface area contributed by atoms with Crippen molar-refractivity contribution < 1.29 is 8.98 Å². The van der Waals surface area contributed by atoms with Gasteiger partial charge in [-0.05, 0) is 51.2 Å². The number of rotatable bonds is 0. The molecule has 2 heteroatoms. The predicted molar refractivity (Wildman–Crippen MR) is 132 cm³/mol. The Morgan fingerprint density at radius 3 is 2.47 bits per heavy atom. The summed E-state index contributed by atoms with van der Waals surface area (Å²) in [6.45, 7) is 7.70. The van der Waals surface area contributed by atoms with E-state index in [1.165, 1.54) is 54.7 Å². The molecule has 0 amide bonds. The van der Waals surface area contributed by atoms with Gasteiger partial charge in [0.05, 0.1) is 5.56 Å². The van der Waals surface area contributed by atoms with E-state index < -0.39 is 0 Å². The van der Waals surface area contributed by atoms with Crippen LogP contribution in [0.25, 0.3) is 54.7 Å². The van der Waals surface area contributed by atoms with Gasteiger partial charge in [0.25, 0.3) is 0 Å². The van der Waals surface area contributed by atoms with Crippen molar-refractivity contribution in [3.8, 4) is 11.3 Å². The highest BCUT2D eigenvalue weighted by atomic mass is 16.3. The van der Waals surface area contributed by atoms with Gasteiger partial charge >= 0.3 is 0 Å². The second-order valence-corrected chi connectivity index (χ2v) is 10.1. The fourth-order valence-corrected chi connectivity index (χ4v) is 5.32. The molecule has 0 aliphatic carbocycles. The molecule has 7 rings (SSSR count). The van der Waals surface area contributed by atoms with Crippen LogP contribution in [0, 0.1) is 0 Å². The zero-order valence-electron chi connectivity index (χ0n) is 18.6. The van der Waals surface area contributed by atoms with Crippen LogP contribution < -0.4 is 4.57 Å². The van der Waals surface area contributed by atoms with Gasteiger partial charge in [-0.15, -0.1) is 0 Å². The fraction of sp³-hybridized carbons (Fsp3) is 0.167. The highest BCUT2D eigenvalue weighted by Gasteiger charge is 2.32. The lowest BCUT2D eigenvalue weighted by Gasteiger charge is -2.16. The Morgan fingerprint density at radius 2 is 1.59 bits per heavy atom. The summed E-state index contributed by atoms with van der Waals surface area (Å²) in [5, 5.41) is 7.42. The summed E-state index contributed by atoms with van der Waals surface area (Å²) in [6, 6.07) is 26.6. The number of hydrogen-bond acceptors (Lipinski definition) is 1. The van der Waals surface area contributed by atoms with Gasteiger partial charge in [-0.1, -0.05) is 63.2 Å². The van der Waals surface area contributed by atoms with E-state index in [2.05, 4.69) is 104 Å². The summed E-state index contributed by atoms with van der Waals surface area (Å²) in [5.74, 6) is 0. The molecule has 0 spiro atoms. The molecule has 0 radical (unpaired) electrons. The molecule has 0 unspecified atom stereocenters. The van der Waals surface area contributed by atoms with E-state index in [4.69, 9.17) is 4.42 Å². The molecule has 1 aliphatic heterocycles. The fourth-order valence-electron chi connectivity index (χ4n) is 5.32. The van der Waals surface area contributed by atoms with E-state index in [0.29, 0.717) is 0 Å². The summed E-state index contributed by atoms with van der Waals surface area (Å²) < 4.78 is 8.97. The first-order chi connectivity index (χ1) is 15.5. The first kappa shape index (κ1) is 18.0. The predicted octanol–water partition coefficient (Wildman–Crippen LogP) is 7.51. The standard InChI is InChI=1S/C30H24NO/c1-30(2,3)21-11-13-26-28-20(16-31(26)17-21)10-12-23-25-14-19-9-8-18-6-4-5-7-22(18)24(19)15-27(25)32-29(23)28/h4-15,17H,16H2,1-3H3/q+1. The normalized spacial score (nSPS) is 13.3. The molecule has 0 saturated heterocycles. The van der Waals surface area contributed by atoms with Gasteiger partial charge in [-0.2, -0.15) is 4.57 Å².